The molecule has 2 rings (SSSR count). The number of nitrogens with zero attached hydrogens (tertiary/aromatic N) is 1. The highest BCUT2D eigenvalue weighted by Gasteiger charge is 2.02. The van der Waals surface area contributed by atoms with Gasteiger partial charge in [-0.15, -0.1) is 11.3 Å². The lowest BCUT2D eigenvalue weighted by Gasteiger charge is -2.21. The van der Waals surface area contributed by atoms with E-state index in [-0.39, 0.29) is 0 Å². The van der Waals surface area contributed by atoms with Gasteiger partial charge >= 0.3 is 0 Å². The molecule has 1 heterocycles. The Kier molecular flexibility index (Phi) is 4.55. The van der Waals surface area contributed by atoms with Crippen molar-refractivity contribution >= 4 is 29.2 Å². The third kappa shape index (κ3) is 3.21. The zero-order valence-corrected chi connectivity index (χ0v) is 12.4. The summed E-state index contributed by atoms with van der Waals surface area (Å²) in [6.45, 7) is 6.47. The van der Waals surface area contributed by atoms with E-state index in [1.54, 1.807) is 11.3 Å². The van der Waals surface area contributed by atoms with Gasteiger partial charge in [-0.2, -0.15) is 0 Å². The normalized spacial score (nSPS) is 10.6. The Labute approximate surface area is 117 Å². The van der Waals surface area contributed by atoms with Crippen LogP contribution in [0.15, 0.2) is 30.5 Å². The van der Waals surface area contributed by atoms with Crippen molar-refractivity contribution in [2.24, 2.45) is 0 Å². The van der Waals surface area contributed by atoms with Gasteiger partial charge in [0.15, 0.2) is 3.95 Å². The maximum atomic E-state index is 5.09. The molecule has 0 aliphatic carbocycles. The third-order valence-corrected chi connectivity index (χ3v) is 4.21. The highest BCUT2D eigenvalue weighted by atomic mass is 32.1. The molecule has 0 saturated heterocycles. The molecule has 1 aromatic heterocycles. The standard InChI is InChI=1S/C14H18N2S2/c1-3-16(4-2)12-7-5-11(6-8-12)9-13-10-15-14(17)18-13/h5-8,10H,3-4,9H2,1-2H3,(H,15,17). The Hall–Kier alpha value is -1.13. The van der Waals surface area contributed by atoms with E-state index in [1.807, 2.05) is 6.20 Å². The number of aromatic amines is 1. The van der Waals surface area contributed by atoms with Crippen molar-refractivity contribution in [3.05, 3.63) is 44.9 Å². The summed E-state index contributed by atoms with van der Waals surface area (Å²) in [5, 5.41) is 0. The van der Waals surface area contributed by atoms with Gasteiger partial charge in [-0.05, 0) is 43.8 Å². The zero-order valence-electron chi connectivity index (χ0n) is 10.8. The quantitative estimate of drug-likeness (QED) is 0.825. The monoisotopic (exact) mass is 278 g/mol. The minimum Gasteiger partial charge on any atom is -0.372 e. The minimum absolute atomic E-state index is 0.852. The summed E-state index contributed by atoms with van der Waals surface area (Å²) < 4.78 is 0.852. The number of hydrogen-bond acceptors (Lipinski definition) is 3. The smallest absolute Gasteiger partial charge is 0.158 e. The summed E-state index contributed by atoms with van der Waals surface area (Å²) in [6, 6.07) is 8.81. The summed E-state index contributed by atoms with van der Waals surface area (Å²) in [6.07, 6.45) is 2.96. The van der Waals surface area contributed by atoms with E-state index in [2.05, 4.69) is 48.0 Å². The molecule has 1 aromatic carbocycles. The predicted molar refractivity (Wildman–Crippen MR) is 82.3 cm³/mol. The molecule has 96 valence electrons. The highest BCUT2D eigenvalue weighted by Crippen LogP contribution is 2.18. The Morgan fingerprint density at radius 3 is 2.33 bits per heavy atom. The molecule has 0 spiro atoms. The van der Waals surface area contributed by atoms with Crippen LogP contribution in [-0.4, -0.2) is 18.1 Å². The molecule has 0 atom stereocenters. The molecule has 0 aliphatic heterocycles. The summed E-state index contributed by atoms with van der Waals surface area (Å²) in [7, 11) is 0. The molecule has 0 fully saturated rings. The summed E-state index contributed by atoms with van der Waals surface area (Å²) >= 11 is 6.74. The van der Waals surface area contributed by atoms with Crippen LogP contribution in [0, 0.1) is 3.95 Å². The molecule has 1 N–H and O–H groups in total. The van der Waals surface area contributed by atoms with Gasteiger partial charge < -0.3 is 9.88 Å². The fourth-order valence-corrected chi connectivity index (χ4v) is 3.11. The van der Waals surface area contributed by atoms with E-state index in [1.165, 1.54) is 16.1 Å². The fourth-order valence-electron chi connectivity index (χ4n) is 2.02. The number of anilines is 1. The van der Waals surface area contributed by atoms with Crippen LogP contribution >= 0.6 is 23.6 Å². The van der Waals surface area contributed by atoms with E-state index in [9.17, 15) is 0 Å². The van der Waals surface area contributed by atoms with Crippen LogP contribution in [0.2, 0.25) is 0 Å². The van der Waals surface area contributed by atoms with Crippen molar-refractivity contribution < 1.29 is 0 Å². The van der Waals surface area contributed by atoms with Gasteiger partial charge in [0.2, 0.25) is 0 Å². The lowest BCUT2D eigenvalue weighted by Crippen LogP contribution is -2.21. The molecule has 0 bridgehead atoms. The summed E-state index contributed by atoms with van der Waals surface area (Å²) in [5.41, 5.74) is 2.63. The highest BCUT2D eigenvalue weighted by molar-refractivity contribution is 7.73. The second-order valence-electron chi connectivity index (χ2n) is 4.16. The zero-order chi connectivity index (χ0) is 13.0. The van der Waals surface area contributed by atoms with Crippen LogP contribution in [0.3, 0.4) is 0 Å². The predicted octanol–water partition coefficient (Wildman–Crippen LogP) is 4.24. The maximum Gasteiger partial charge on any atom is 0.158 e. The van der Waals surface area contributed by atoms with Crippen molar-refractivity contribution in [3.8, 4) is 0 Å². The first-order valence-electron chi connectivity index (χ1n) is 6.24. The Bertz CT molecular complexity index is 535. The molecule has 18 heavy (non-hydrogen) atoms. The maximum absolute atomic E-state index is 5.09. The Balaban J connectivity index is 2.10. The summed E-state index contributed by atoms with van der Waals surface area (Å²) in [5.74, 6) is 0. The van der Waals surface area contributed by atoms with Crippen molar-refractivity contribution in [1.82, 2.24) is 4.98 Å². The lowest BCUT2D eigenvalue weighted by molar-refractivity contribution is 0.866. The van der Waals surface area contributed by atoms with E-state index in [0.29, 0.717) is 0 Å². The van der Waals surface area contributed by atoms with Crippen LogP contribution in [0.25, 0.3) is 0 Å². The lowest BCUT2D eigenvalue weighted by atomic mass is 10.1. The SMILES string of the molecule is CCN(CC)c1ccc(Cc2c[nH]c(=S)s2)cc1. The van der Waals surface area contributed by atoms with Crippen molar-refractivity contribution in [1.29, 1.82) is 0 Å². The first-order valence-corrected chi connectivity index (χ1v) is 7.46. The number of nitrogens with one attached hydrogen (secondary N) is 1. The largest absolute Gasteiger partial charge is 0.372 e. The van der Waals surface area contributed by atoms with Crippen LogP contribution in [-0.2, 0) is 6.42 Å². The molecule has 0 radical (unpaired) electrons. The number of H-pyrrole nitrogens is 1. The molecular formula is C14H18N2S2. The second-order valence-corrected chi connectivity index (χ2v) is 5.96. The average molecular weight is 278 g/mol. The summed E-state index contributed by atoms with van der Waals surface area (Å²) in [4.78, 5) is 6.70. The van der Waals surface area contributed by atoms with Crippen molar-refractivity contribution in [2.75, 3.05) is 18.0 Å². The van der Waals surface area contributed by atoms with Gasteiger partial charge in [-0.1, -0.05) is 12.1 Å². The molecule has 4 heteroatoms. The van der Waals surface area contributed by atoms with Crippen LogP contribution < -0.4 is 4.90 Å². The number of benzene rings is 1. The molecular weight excluding hydrogens is 260 g/mol. The van der Waals surface area contributed by atoms with E-state index in [0.717, 1.165) is 23.5 Å². The number of hydrogen-bond donors (Lipinski definition) is 1. The molecule has 2 aromatic rings. The third-order valence-electron chi connectivity index (χ3n) is 3.02. The molecule has 0 aliphatic rings. The molecule has 0 unspecified atom stereocenters. The average Bonchev–Trinajstić information content (AvgIpc) is 2.78. The van der Waals surface area contributed by atoms with Crippen molar-refractivity contribution in [2.45, 2.75) is 20.3 Å². The topological polar surface area (TPSA) is 19.0 Å². The van der Waals surface area contributed by atoms with Crippen LogP contribution in [0.4, 0.5) is 5.69 Å². The van der Waals surface area contributed by atoms with E-state index < -0.39 is 0 Å². The van der Waals surface area contributed by atoms with E-state index in [4.69, 9.17) is 12.2 Å². The fraction of sp³-hybridized carbons (Fsp3) is 0.357. The first kappa shape index (κ1) is 13.3. The second kappa shape index (κ2) is 6.16. The van der Waals surface area contributed by atoms with Crippen LogP contribution in [0.5, 0.6) is 0 Å². The molecule has 0 amide bonds. The Morgan fingerprint density at radius 2 is 1.83 bits per heavy atom. The number of thiazole rings is 1. The van der Waals surface area contributed by atoms with Gasteiger partial charge in [0.05, 0.1) is 0 Å². The van der Waals surface area contributed by atoms with Gasteiger partial charge in [0, 0.05) is 36.3 Å². The van der Waals surface area contributed by atoms with Crippen molar-refractivity contribution in [3.63, 3.8) is 0 Å². The first-order chi connectivity index (χ1) is 8.72. The van der Waals surface area contributed by atoms with Gasteiger partial charge in [0.1, 0.15) is 0 Å². The molecule has 2 nitrogen and oxygen atoms in total. The van der Waals surface area contributed by atoms with Gasteiger partial charge in [0.25, 0.3) is 0 Å². The number of rotatable bonds is 5. The van der Waals surface area contributed by atoms with E-state index >= 15 is 0 Å². The van der Waals surface area contributed by atoms with Crippen LogP contribution in [0.1, 0.15) is 24.3 Å². The Morgan fingerprint density at radius 1 is 1.17 bits per heavy atom. The minimum atomic E-state index is 0.852. The van der Waals surface area contributed by atoms with Gasteiger partial charge in [-0.3, -0.25) is 0 Å². The van der Waals surface area contributed by atoms with Gasteiger partial charge in [-0.25, -0.2) is 0 Å². The number of aromatic nitrogens is 1. The molecule has 0 saturated carbocycles.